The van der Waals surface area contributed by atoms with Gasteiger partial charge in [-0.15, -0.1) is 0 Å². The highest BCUT2D eigenvalue weighted by Gasteiger charge is 2.00. The third kappa shape index (κ3) is 5.80. The molecule has 0 unspecified atom stereocenters. The van der Waals surface area contributed by atoms with Gasteiger partial charge in [0.15, 0.2) is 0 Å². The van der Waals surface area contributed by atoms with Crippen molar-refractivity contribution >= 4 is 12.0 Å². The number of carboxylic acids is 1. The summed E-state index contributed by atoms with van der Waals surface area (Å²) < 4.78 is 11.3. The third-order valence-corrected chi connectivity index (χ3v) is 3.47. The van der Waals surface area contributed by atoms with Gasteiger partial charge in [0.05, 0.1) is 0 Å². The summed E-state index contributed by atoms with van der Waals surface area (Å²) in [5.74, 6) is 1.10. The molecule has 0 heterocycles. The molecule has 24 heavy (non-hydrogen) atoms. The van der Waals surface area contributed by atoms with Crippen LogP contribution in [0.2, 0.25) is 0 Å². The number of hydrogen-bond donors (Lipinski definition) is 1. The molecule has 1 N–H and O–H groups in total. The Labute approximate surface area is 142 Å². The van der Waals surface area contributed by atoms with Crippen LogP contribution in [0.25, 0.3) is 6.08 Å². The molecule has 0 saturated carbocycles. The van der Waals surface area contributed by atoms with Crippen LogP contribution in [0.4, 0.5) is 0 Å². The summed E-state index contributed by atoms with van der Waals surface area (Å²) in [6.07, 6.45) is 2.64. The number of hydrogen-bond acceptors (Lipinski definition) is 3. The van der Waals surface area contributed by atoms with Crippen molar-refractivity contribution in [2.75, 3.05) is 13.2 Å². The standard InChI is InChI=1S/C20H22O4/c1-15(2)17-6-10-19(11-7-17)24-14-13-23-18-8-3-16(4-9-18)5-12-20(21)22/h3-12,15H,13-14H2,1-2H3,(H,21,22). The Balaban J connectivity index is 1.74. The molecule has 0 aliphatic heterocycles. The van der Waals surface area contributed by atoms with Crippen LogP contribution in [0.5, 0.6) is 11.5 Å². The van der Waals surface area contributed by atoms with E-state index >= 15 is 0 Å². The van der Waals surface area contributed by atoms with Crippen molar-refractivity contribution in [3.63, 3.8) is 0 Å². The first-order chi connectivity index (χ1) is 11.5. The van der Waals surface area contributed by atoms with Crippen molar-refractivity contribution in [2.45, 2.75) is 19.8 Å². The fraction of sp³-hybridized carbons (Fsp3) is 0.250. The van der Waals surface area contributed by atoms with Crippen molar-refractivity contribution in [1.29, 1.82) is 0 Å². The van der Waals surface area contributed by atoms with E-state index < -0.39 is 5.97 Å². The van der Waals surface area contributed by atoms with Crippen LogP contribution < -0.4 is 9.47 Å². The van der Waals surface area contributed by atoms with Crippen LogP contribution in [-0.4, -0.2) is 24.3 Å². The smallest absolute Gasteiger partial charge is 0.328 e. The van der Waals surface area contributed by atoms with Crippen molar-refractivity contribution in [1.82, 2.24) is 0 Å². The Kier molecular flexibility index (Phi) is 6.43. The highest BCUT2D eigenvalue weighted by molar-refractivity contribution is 5.85. The highest BCUT2D eigenvalue weighted by atomic mass is 16.5. The lowest BCUT2D eigenvalue weighted by molar-refractivity contribution is -0.131. The summed E-state index contributed by atoms with van der Waals surface area (Å²) in [4.78, 5) is 10.5. The quantitative estimate of drug-likeness (QED) is 0.578. The average Bonchev–Trinajstić information content (AvgIpc) is 2.58. The van der Waals surface area contributed by atoms with Gasteiger partial charge in [-0.05, 0) is 47.4 Å². The molecular formula is C20H22O4. The molecule has 2 aromatic rings. The maximum atomic E-state index is 10.5. The molecule has 0 spiro atoms. The minimum absolute atomic E-state index is 0.441. The van der Waals surface area contributed by atoms with Gasteiger partial charge < -0.3 is 14.6 Å². The minimum atomic E-state index is -0.964. The monoisotopic (exact) mass is 326 g/mol. The first-order valence-electron chi connectivity index (χ1n) is 7.91. The average molecular weight is 326 g/mol. The van der Waals surface area contributed by atoms with E-state index in [2.05, 4.69) is 26.0 Å². The predicted octanol–water partition coefficient (Wildman–Crippen LogP) is 4.37. The van der Waals surface area contributed by atoms with Crippen LogP contribution in [0, 0.1) is 0 Å². The summed E-state index contributed by atoms with van der Waals surface area (Å²) in [5, 5.41) is 8.58. The minimum Gasteiger partial charge on any atom is -0.490 e. The van der Waals surface area contributed by atoms with Crippen LogP contribution in [0.3, 0.4) is 0 Å². The zero-order valence-corrected chi connectivity index (χ0v) is 13.9. The van der Waals surface area contributed by atoms with Gasteiger partial charge in [-0.3, -0.25) is 0 Å². The van der Waals surface area contributed by atoms with Gasteiger partial charge in [0.25, 0.3) is 0 Å². The van der Waals surface area contributed by atoms with Crippen molar-refractivity contribution in [3.05, 3.63) is 65.7 Å². The van der Waals surface area contributed by atoms with Crippen molar-refractivity contribution < 1.29 is 19.4 Å². The van der Waals surface area contributed by atoms with E-state index in [9.17, 15) is 4.79 Å². The van der Waals surface area contributed by atoms with Gasteiger partial charge in [-0.25, -0.2) is 4.79 Å². The molecule has 0 fully saturated rings. The number of ether oxygens (including phenoxy) is 2. The topological polar surface area (TPSA) is 55.8 Å². The lowest BCUT2D eigenvalue weighted by Gasteiger charge is -2.10. The number of carbonyl (C=O) groups is 1. The molecule has 0 amide bonds. The fourth-order valence-electron chi connectivity index (χ4n) is 2.11. The third-order valence-electron chi connectivity index (χ3n) is 3.47. The second-order valence-electron chi connectivity index (χ2n) is 5.66. The Bertz CT molecular complexity index is 670. The molecule has 0 bridgehead atoms. The summed E-state index contributed by atoms with van der Waals surface area (Å²) in [6, 6.07) is 15.3. The summed E-state index contributed by atoms with van der Waals surface area (Å²) in [5.41, 5.74) is 2.10. The van der Waals surface area contributed by atoms with E-state index in [0.717, 1.165) is 23.1 Å². The van der Waals surface area contributed by atoms with Crippen LogP contribution >= 0.6 is 0 Å². The SMILES string of the molecule is CC(C)c1ccc(OCCOc2ccc(C=CC(=O)O)cc2)cc1. The predicted molar refractivity (Wildman–Crippen MR) is 94.6 cm³/mol. The van der Waals surface area contributed by atoms with Crippen molar-refractivity contribution in [3.8, 4) is 11.5 Å². The van der Waals surface area contributed by atoms with Crippen LogP contribution in [-0.2, 0) is 4.79 Å². The summed E-state index contributed by atoms with van der Waals surface area (Å²) in [6.45, 7) is 5.22. The lowest BCUT2D eigenvalue weighted by atomic mass is 10.0. The van der Waals surface area contributed by atoms with Gasteiger partial charge in [0, 0.05) is 6.08 Å². The summed E-state index contributed by atoms with van der Waals surface area (Å²) >= 11 is 0. The Morgan fingerprint density at radius 1 is 0.958 bits per heavy atom. The molecule has 2 aromatic carbocycles. The second-order valence-corrected chi connectivity index (χ2v) is 5.66. The Morgan fingerprint density at radius 3 is 1.92 bits per heavy atom. The first-order valence-corrected chi connectivity index (χ1v) is 7.91. The Hall–Kier alpha value is -2.75. The van der Waals surface area contributed by atoms with Gasteiger partial charge in [-0.1, -0.05) is 38.1 Å². The second kappa shape index (κ2) is 8.77. The van der Waals surface area contributed by atoms with Gasteiger partial charge >= 0.3 is 5.97 Å². The van der Waals surface area contributed by atoms with Crippen LogP contribution in [0.1, 0.15) is 30.9 Å². The zero-order valence-electron chi connectivity index (χ0n) is 13.9. The van der Waals surface area contributed by atoms with E-state index in [1.54, 1.807) is 24.3 Å². The number of benzene rings is 2. The molecule has 126 valence electrons. The van der Waals surface area contributed by atoms with E-state index in [0.29, 0.717) is 19.1 Å². The van der Waals surface area contributed by atoms with E-state index in [1.165, 1.54) is 11.6 Å². The van der Waals surface area contributed by atoms with E-state index in [4.69, 9.17) is 14.6 Å². The maximum Gasteiger partial charge on any atom is 0.328 e. The van der Waals surface area contributed by atoms with E-state index in [1.807, 2.05) is 12.1 Å². The molecule has 4 heteroatoms. The lowest BCUT2D eigenvalue weighted by Crippen LogP contribution is -2.09. The molecule has 2 rings (SSSR count). The normalized spacial score (nSPS) is 11.0. The number of aliphatic carboxylic acids is 1. The number of carboxylic acid groups (broad SMARTS) is 1. The van der Waals surface area contributed by atoms with E-state index in [-0.39, 0.29) is 0 Å². The maximum absolute atomic E-state index is 10.5. The number of rotatable bonds is 8. The van der Waals surface area contributed by atoms with Gasteiger partial charge in [-0.2, -0.15) is 0 Å². The van der Waals surface area contributed by atoms with Crippen molar-refractivity contribution in [2.24, 2.45) is 0 Å². The fourth-order valence-corrected chi connectivity index (χ4v) is 2.11. The Morgan fingerprint density at radius 2 is 1.46 bits per heavy atom. The largest absolute Gasteiger partial charge is 0.490 e. The molecule has 0 radical (unpaired) electrons. The molecule has 0 aromatic heterocycles. The molecule has 0 saturated heterocycles. The molecule has 4 nitrogen and oxygen atoms in total. The molecular weight excluding hydrogens is 304 g/mol. The first kappa shape index (κ1) is 17.6. The molecule has 0 aliphatic rings. The highest BCUT2D eigenvalue weighted by Crippen LogP contribution is 2.18. The summed E-state index contributed by atoms with van der Waals surface area (Å²) in [7, 11) is 0. The molecule has 0 atom stereocenters. The molecule has 0 aliphatic carbocycles. The van der Waals surface area contributed by atoms with Gasteiger partial charge in [0.2, 0.25) is 0 Å². The zero-order chi connectivity index (χ0) is 17.4. The van der Waals surface area contributed by atoms with Gasteiger partial charge in [0.1, 0.15) is 24.7 Å². The van der Waals surface area contributed by atoms with Crippen LogP contribution in [0.15, 0.2) is 54.6 Å².